The lowest BCUT2D eigenvalue weighted by atomic mass is 10.1. The summed E-state index contributed by atoms with van der Waals surface area (Å²) in [6, 6.07) is 7.62. The third-order valence-corrected chi connectivity index (χ3v) is 3.52. The van der Waals surface area contributed by atoms with Crippen molar-refractivity contribution in [2.75, 3.05) is 13.2 Å². The third-order valence-electron chi connectivity index (χ3n) is 3.52. The summed E-state index contributed by atoms with van der Waals surface area (Å²) in [5, 5.41) is 0. The van der Waals surface area contributed by atoms with Crippen LogP contribution in [0.25, 0.3) is 0 Å². The van der Waals surface area contributed by atoms with Gasteiger partial charge in [-0.25, -0.2) is 9.59 Å². The monoisotopic (exact) mass is 358 g/mol. The molecule has 6 nitrogen and oxygen atoms in total. The molecule has 0 bridgehead atoms. The van der Waals surface area contributed by atoms with Crippen LogP contribution in [0.1, 0.15) is 31.1 Å². The molecule has 2 rings (SSSR count). The number of carbonyl (C=O) groups excluding carboxylic acids is 2. The van der Waals surface area contributed by atoms with Crippen molar-refractivity contribution in [3.8, 4) is 0 Å². The molecular formula is C17H20F2O6. The van der Waals surface area contributed by atoms with E-state index >= 15 is 0 Å². The first-order chi connectivity index (χ1) is 11.7. The van der Waals surface area contributed by atoms with Crippen LogP contribution in [-0.2, 0) is 23.7 Å². The van der Waals surface area contributed by atoms with Crippen LogP contribution in [0.15, 0.2) is 30.3 Å². The number of rotatable bonds is 6. The number of carbonyl (C=O) groups is 2. The van der Waals surface area contributed by atoms with Crippen LogP contribution >= 0.6 is 0 Å². The van der Waals surface area contributed by atoms with Gasteiger partial charge in [-0.3, -0.25) is 0 Å². The fourth-order valence-electron chi connectivity index (χ4n) is 2.35. The molecule has 0 unspecified atom stereocenters. The van der Waals surface area contributed by atoms with Crippen LogP contribution in [0.2, 0.25) is 0 Å². The van der Waals surface area contributed by atoms with Crippen molar-refractivity contribution in [2.24, 2.45) is 0 Å². The van der Waals surface area contributed by atoms with Crippen LogP contribution in [-0.4, -0.2) is 49.1 Å². The van der Waals surface area contributed by atoms with Gasteiger partial charge >= 0.3 is 17.9 Å². The van der Waals surface area contributed by atoms with Crippen molar-refractivity contribution in [2.45, 2.75) is 44.7 Å². The van der Waals surface area contributed by atoms with Crippen molar-refractivity contribution >= 4 is 11.9 Å². The maximum Gasteiger partial charge on any atom is 0.381 e. The Bertz CT molecular complexity index is 617. The number of esters is 2. The Hall–Kier alpha value is -2.06. The van der Waals surface area contributed by atoms with E-state index in [0.717, 1.165) is 0 Å². The molecule has 0 amide bonds. The highest BCUT2D eigenvalue weighted by atomic mass is 19.3. The molecule has 0 aromatic heterocycles. The number of hydrogen-bond donors (Lipinski definition) is 0. The van der Waals surface area contributed by atoms with E-state index in [-0.39, 0.29) is 18.8 Å². The molecule has 1 fully saturated rings. The summed E-state index contributed by atoms with van der Waals surface area (Å²) in [5.74, 6) is -8.00. The molecule has 0 saturated carbocycles. The van der Waals surface area contributed by atoms with E-state index in [4.69, 9.17) is 14.2 Å². The Morgan fingerprint density at radius 2 is 1.96 bits per heavy atom. The minimum atomic E-state index is -4.09. The van der Waals surface area contributed by atoms with Crippen LogP contribution in [0.3, 0.4) is 0 Å². The Balaban J connectivity index is 2.26. The summed E-state index contributed by atoms with van der Waals surface area (Å²) in [7, 11) is 0. The smallest absolute Gasteiger partial charge is 0.381 e. The number of ether oxygens (including phenoxy) is 4. The van der Waals surface area contributed by atoms with Crippen LogP contribution < -0.4 is 0 Å². The molecule has 0 aliphatic carbocycles. The summed E-state index contributed by atoms with van der Waals surface area (Å²) in [6.45, 7) is 3.98. The fourth-order valence-corrected chi connectivity index (χ4v) is 2.35. The van der Waals surface area contributed by atoms with Gasteiger partial charge in [-0.1, -0.05) is 18.2 Å². The predicted molar refractivity (Wildman–Crippen MR) is 82.1 cm³/mol. The predicted octanol–water partition coefficient (Wildman–Crippen LogP) is 2.56. The van der Waals surface area contributed by atoms with Crippen molar-refractivity contribution in [1.82, 2.24) is 0 Å². The molecule has 1 aromatic rings. The standard InChI is InChI=1S/C17H20F2O6/c1-4-22-15(21)17(18,19)13(12-10-23-16(2,3)25-12)24-14(20)11-8-6-5-7-9-11/h5-9,12-13H,4,10H2,1-3H3/t12-,13+/m1/s1. The number of halogens is 2. The Labute approximate surface area is 144 Å². The summed E-state index contributed by atoms with van der Waals surface area (Å²) >= 11 is 0. The van der Waals surface area contributed by atoms with Gasteiger partial charge in [-0.15, -0.1) is 0 Å². The average Bonchev–Trinajstić information content (AvgIpc) is 2.92. The number of benzene rings is 1. The van der Waals surface area contributed by atoms with Gasteiger partial charge in [0, 0.05) is 0 Å². The molecule has 2 atom stereocenters. The zero-order valence-electron chi connectivity index (χ0n) is 14.2. The summed E-state index contributed by atoms with van der Waals surface area (Å²) in [4.78, 5) is 23.9. The van der Waals surface area contributed by atoms with E-state index in [1.165, 1.54) is 32.9 Å². The zero-order chi connectivity index (χ0) is 18.7. The van der Waals surface area contributed by atoms with E-state index in [1.807, 2.05) is 0 Å². The first-order valence-corrected chi connectivity index (χ1v) is 7.80. The lowest BCUT2D eigenvalue weighted by molar-refractivity contribution is -0.210. The molecule has 25 heavy (non-hydrogen) atoms. The lowest BCUT2D eigenvalue weighted by Crippen LogP contribution is -2.52. The second kappa shape index (κ2) is 7.45. The number of alkyl halides is 2. The zero-order valence-corrected chi connectivity index (χ0v) is 14.2. The molecule has 1 saturated heterocycles. The molecule has 1 aliphatic heterocycles. The highest BCUT2D eigenvalue weighted by molar-refractivity contribution is 5.90. The minimum absolute atomic E-state index is 0.0744. The SMILES string of the molecule is CCOC(=O)C(F)(F)[C@@H](OC(=O)c1ccccc1)[C@H]1COC(C)(C)O1. The van der Waals surface area contributed by atoms with Crippen molar-refractivity contribution in [3.63, 3.8) is 0 Å². The second-order valence-electron chi connectivity index (χ2n) is 5.90. The Kier molecular flexibility index (Phi) is 5.74. The molecule has 1 aliphatic rings. The van der Waals surface area contributed by atoms with Gasteiger partial charge in [-0.05, 0) is 32.9 Å². The van der Waals surface area contributed by atoms with E-state index in [1.54, 1.807) is 18.2 Å². The normalized spacial score (nSPS) is 20.8. The van der Waals surface area contributed by atoms with Crippen LogP contribution in [0.4, 0.5) is 8.78 Å². The highest BCUT2D eigenvalue weighted by Crippen LogP contribution is 2.34. The van der Waals surface area contributed by atoms with Gasteiger partial charge in [0.1, 0.15) is 6.10 Å². The largest absolute Gasteiger partial charge is 0.461 e. The molecule has 1 heterocycles. The fraction of sp³-hybridized carbons (Fsp3) is 0.529. The van der Waals surface area contributed by atoms with Gasteiger partial charge in [0.25, 0.3) is 0 Å². The second-order valence-corrected chi connectivity index (χ2v) is 5.90. The molecule has 0 N–H and O–H groups in total. The van der Waals surface area contributed by atoms with Crippen molar-refractivity contribution < 1.29 is 37.3 Å². The molecule has 0 radical (unpaired) electrons. The van der Waals surface area contributed by atoms with E-state index < -0.39 is 35.9 Å². The maximum absolute atomic E-state index is 14.6. The number of hydrogen-bond acceptors (Lipinski definition) is 6. The summed E-state index contributed by atoms with van der Waals surface area (Å²) in [6.07, 6.45) is -3.50. The topological polar surface area (TPSA) is 71.1 Å². The van der Waals surface area contributed by atoms with Crippen molar-refractivity contribution in [1.29, 1.82) is 0 Å². The lowest BCUT2D eigenvalue weighted by Gasteiger charge is -2.29. The van der Waals surface area contributed by atoms with E-state index in [0.29, 0.717) is 0 Å². The quantitative estimate of drug-likeness (QED) is 0.728. The van der Waals surface area contributed by atoms with Gasteiger partial charge in [0.05, 0.1) is 18.8 Å². The van der Waals surface area contributed by atoms with Gasteiger partial charge in [0.15, 0.2) is 5.79 Å². The Morgan fingerprint density at radius 3 is 2.48 bits per heavy atom. The maximum atomic E-state index is 14.6. The van der Waals surface area contributed by atoms with E-state index in [2.05, 4.69) is 4.74 Å². The first kappa shape index (κ1) is 19.3. The molecule has 8 heteroatoms. The van der Waals surface area contributed by atoms with E-state index in [9.17, 15) is 18.4 Å². The Morgan fingerprint density at radius 1 is 1.32 bits per heavy atom. The van der Waals surface area contributed by atoms with Crippen molar-refractivity contribution in [3.05, 3.63) is 35.9 Å². The average molecular weight is 358 g/mol. The van der Waals surface area contributed by atoms with Gasteiger partial charge < -0.3 is 18.9 Å². The molecule has 0 spiro atoms. The first-order valence-electron chi connectivity index (χ1n) is 7.80. The third kappa shape index (κ3) is 4.52. The van der Waals surface area contributed by atoms with Gasteiger partial charge in [-0.2, -0.15) is 8.78 Å². The summed E-state index contributed by atoms with van der Waals surface area (Å²) < 4.78 is 49.1. The summed E-state index contributed by atoms with van der Waals surface area (Å²) in [5.41, 5.74) is 0.0744. The molecule has 1 aromatic carbocycles. The molecule has 138 valence electrons. The molecular weight excluding hydrogens is 338 g/mol. The highest BCUT2D eigenvalue weighted by Gasteiger charge is 2.58. The minimum Gasteiger partial charge on any atom is -0.461 e. The van der Waals surface area contributed by atoms with Crippen LogP contribution in [0, 0.1) is 0 Å². The van der Waals surface area contributed by atoms with Gasteiger partial charge in [0.2, 0.25) is 6.10 Å². The van der Waals surface area contributed by atoms with Crippen LogP contribution in [0.5, 0.6) is 0 Å².